The van der Waals surface area contributed by atoms with E-state index in [2.05, 4.69) is 17.6 Å². The number of halogens is 1. The molecule has 136 valence electrons. The van der Waals surface area contributed by atoms with Gasteiger partial charge in [0.25, 0.3) is 5.91 Å². The molecule has 0 bridgehead atoms. The van der Waals surface area contributed by atoms with Crippen molar-refractivity contribution in [3.63, 3.8) is 0 Å². The molecule has 1 heterocycles. The second kappa shape index (κ2) is 11.4. The van der Waals surface area contributed by atoms with Gasteiger partial charge in [-0.25, -0.2) is 0 Å². The highest BCUT2D eigenvalue weighted by Crippen LogP contribution is 2.16. The summed E-state index contributed by atoms with van der Waals surface area (Å²) in [6.45, 7) is 6.75. The summed E-state index contributed by atoms with van der Waals surface area (Å²) in [5.74, 6) is -0.121. The Morgan fingerprint density at radius 2 is 2.17 bits per heavy atom. The van der Waals surface area contributed by atoms with Crippen LogP contribution in [0.3, 0.4) is 0 Å². The number of hydrogen-bond acceptors (Lipinski definition) is 4. The van der Waals surface area contributed by atoms with E-state index >= 15 is 0 Å². The third kappa shape index (κ3) is 6.77. The van der Waals surface area contributed by atoms with E-state index in [9.17, 15) is 4.79 Å². The Morgan fingerprint density at radius 3 is 2.88 bits per heavy atom. The number of nitrogens with one attached hydrogen (secondary N) is 2. The Labute approximate surface area is 150 Å². The number of anilines is 1. The summed E-state index contributed by atoms with van der Waals surface area (Å²) in [6.07, 6.45) is 2.94. The molecule has 2 atom stereocenters. The molecule has 1 aliphatic rings. The van der Waals surface area contributed by atoms with Crippen LogP contribution in [-0.2, 0) is 20.8 Å². The minimum Gasteiger partial charge on any atom is -0.376 e. The van der Waals surface area contributed by atoms with Gasteiger partial charge in [-0.2, -0.15) is 0 Å². The van der Waals surface area contributed by atoms with Gasteiger partial charge in [0.2, 0.25) is 0 Å². The molecule has 2 unspecified atom stereocenters. The van der Waals surface area contributed by atoms with Crippen molar-refractivity contribution in [2.24, 2.45) is 0 Å². The van der Waals surface area contributed by atoms with Gasteiger partial charge in [-0.3, -0.25) is 4.79 Å². The highest BCUT2D eigenvalue weighted by Gasteiger charge is 2.19. The SMILES string of the molecule is CCNCc1ccccc1NC(=O)C(C)OCC1CCCCO1.Cl. The van der Waals surface area contributed by atoms with Gasteiger partial charge in [0, 0.05) is 18.8 Å². The lowest BCUT2D eigenvalue weighted by molar-refractivity contribution is -0.130. The van der Waals surface area contributed by atoms with Crippen molar-refractivity contribution in [2.45, 2.75) is 51.9 Å². The summed E-state index contributed by atoms with van der Waals surface area (Å²) in [7, 11) is 0. The second-order valence-corrected chi connectivity index (χ2v) is 5.89. The van der Waals surface area contributed by atoms with Crippen LogP contribution in [0.25, 0.3) is 0 Å². The molecule has 0 aliphatic carbocycles. The minimum absolute atomic E-state index is 0. The Morgan fingerprint density at radius 1 is 1.38 bits per heavy atom. The van der Waals surface area contributed by atoms with Gasteiger partial charge < -0.3 is 20.1 Å². The van der Waals surface area contributed by atoms with E-state index in [1.165, 1.54) is 6.42 Å². The van der Waals surface area contributed by atoms with Crippen LogP contribution in [0, 0.1) is 0 Å². The fourth-order valence-corrected chi connectivity index (χ4v) is 2.56. The first-order chi connectivity index (χ1) is 11.2. The lowest BCUT2D eigenvalue weighted by Gasteiger charge is -2.24. The number of rotatable bonds is 8. The molecule has 0 spiro atoms. The summed E-state index contributed by atoms with van der Waals surface area (Å²) in [5, 5.41) is 6.24. The van der Waals surface area contributed by atoms with Crippen LogP contribution in [-0.4, -0.2) is 37.9 Å². The average Bonchev–Trinajstić information content (AvgIpc) is 2.59. The molecule has 0 radical (unpaired) electrons. The summed E-state index contributed by atoms with van der Waals surface area (Å²) in [4.78, 5) is 12.3. The van der Waals surface area contributed by atoms with E-state index < -0.39 is 6.10 Å². The lowest BCUT2D eigenvalue weighted by atomic mass is 10.1. The lowest BCUT2D eigenvalue weighted by Crippen LogP contribution is -2.33. The highest BCUT2D eigenvalue weighted by molar-refractivity contribution is 5.94. The van der Waals surface area contributed by atoms with Crippen molar-refractivity contribution in [3.8, 4) is 0 Å². The summed E-state index contributed by atoms with van der Waals surface area (Å²) in [6, 6.07) is 7.83. The van der Waals surface area contributed by atoms with Crippen LogP contribution in [0.4, 0.5) is 5.69 Å². The third-order valence-corrected chi connectivity index (χ3v) is 4.02. The van der Waals surface area contributed by atoms with Crippen molar-refractivity contribution < 1.29 is 14.3 Å². The van der Waals surface area contributed by atoms with Gasteiger partial charge >= 0.3 is 0 Å². The molecule has 2 N–H and O–H groups in total. The highest BCUT2D eigenvalue weighted by atomic mass is 35.5. The third-order valence-electron chi connectivity index (χ3n) is 4.02. The van der Waals surface area contributed by atoms with Crippen molar-refractivity contribution in [2.75, 3.05) is 25.1 Å². The molecule has 1 amide bonds. The number of amides is 1. The Kier molecular flexibility index (Phi) is 9.95. The molecule has 0 aromatic heterocycles. The largest absolute Gasteiger partial charge is 0.376 e. The van der Waals surface area contributed by atoms with Crippen LogP contribution >= 0.6 is 12.4 Å². The van der Waals surface area contributed by atoms with Crippen molar-refractivity contribution >= 4 is 24.0 Å². The maximum Gasteiger partial charge on any atom is 0.253 e. The Balaban J connectivity index is 0.00000288. The molecule has 6 heteroatoms. The zero-order valence-corrected chi connectivity index (χ0v) is 15.4. The Bertz CT molecular complexity index is 493. The molecular formula is C18H29ClN2O3. The van der Waals surface area contributed by atoms with Crippen LogP contribution < -0.4 is 10.6 Å². The van der Waals surface area contributed by atoms with Crippen molar-refractivity contribution in [1.29, 1.82) is 0 Å². The summed E-state index contributed by atoms with van der Waals surface area (Å²) < 4.78 is 11.3. The molecule has 1 aromatic rings. The maximum absolute atomic E-state index is 12.3. The van der Waals surface area contributed by atoms with E-state index in [1.54, 1.807) is 6.92 Å². The number of ether oxygens (including phenoxy) is 2. The number of para-hydroxylation sites is 1. The van der Waals surface area contributed by atoms with E-state index in [0.717, 1.165) is 43.8 Å². The first-order valence-electron chi connectivity index (χ1n) is 8.53. The topological polar surface area (TPSA) is 59.6 Å². The van der Waals surface area contributed by atoms with Gasteiger partial charge in [-0.05, 0) is 44.4 Å². The van der Waals surface area contributed by atoms with Gasteiger partial charge in [-0.15, -0.1) is 12.4 Å². The molecule has 2 rings (SSSR count). The molecule has 1 fully saturated rings. The van der Waals surface area contributed by atoms with E-state index in [4.69, 9.17) is 9.47 Å². The molecule has 1 aromatic carbocycles. The van der Waals surface area contributed by atoms with Crippen molar-refractivity contribution in [1.82, 2.24) is 5.32 Å². The summed E-state index contributed by atoms with van der Waals surface area (Å²) in [5.41, 5.74) is 1.91. The molecule has 5 nitrogen and oxygen atoms in total. The fraction of sp³-hybridized carbons (Fsp3) is 0.611. The quantitative estimate of drug-likeness (QED) is 0.751. The zero-order chi connectivity index (χ0) is 16.5. The smallest absolute Gasteiger partial charge is 0.253 e. The number of carbonyl (C=O) groups is 1. The van der Waals surface area contributed by atoms with Crippen LogP contribution in [0.1, 0.15) is 38.7 Å². The molecule has 1 saturated heterocycles. The number of hydrogen-bond donors (Lipinski definition) is 2. The van der Waals surface area contributed by atoms with Crippen LogP contribution in [0.5, 0.6) is 0 Å². The predicted octanol–water partition coefficient (Wildman–Crippen LogP) is 3.13. The maximum atomic E-state index is 12.3. The number of benzene rings is 1. The first kappa shape index (κ1) is 20.9. The minimum atomic E-state index is -0.493. The zero-order valence-electron chi connectivity index (χ0n) is 14.5. The first-order valence-corrected chi connectivity index (χ1v) is 8.53. The standard InChI is InChI=1S/C18H28N2O3.ClH/c1-3-19-12-15-8-4-5-10-17(15)20-18(21)14(2)23-13-16-9-6-7-11-22-16;/h4-5,8,10,14,16,19H,3,6-7,9,11-13H2,1-2H3,(H,20,21);1H. The normalized spacial score (nSPS) is 18.5. The monoisotopic (exact) mass is 356 g/mol. The van der Waals surface area contributed by atoms with Crippen LogP contribution in [0.2, 0.25) is 0 Å². The Hall–Kier alpha value is -1.14. The van der Waals surface area contributed by atoms with Crippen molar-refractivity contribution in [3.05, 3.63) is 29.8 Å². The summed E-state index contributed by atoms with van der Waals surface area (Å²) >= 11 is 0. The average molecular weight is 357 g/mol. The fourth-order valence-electron chi connectivity index (χ4n) is 2.56. The van der Waals surface area contributed by atoms with E-state index in [0.29, 0.717) is 6.61 Å². The van der Waals surface area contributed by atoms with Gasteiger partial charge in [0.15, 0.2) is 0 Å². The molecular weight excluding hydrogens is 328 g/mol. The van der Waals surface area contributed by atoms with E-state index in [1.807, 2.05) is 24.3 Å². The molecule has 0 saturated carbocycles. The van der Waals surface area contributed by atoms with Gasteiger partial charge in [-0.1, -0.05) is 25.1 Å². The molecule has 24 heavy (non-hydrogen) atoms. The number of carbonyl (C=O) groups excluding carboxylic acids is 1. The van der Waals surface area contributed by atoms with Gasteiger partial charge in [0.05, 0.1) is 12.7 Å². The van der Waals surface area contributed by atoms with E-state index in [-0.39, 0.29) is 24.4 Å². The molecule has 1 aliphatic heterocycles. The van der Waals surface area contributed by atoms with Crippen LogP contribution in [0.15, 0.2) is 24.3 Å². The second-order valence-electron chi connectivity index (χ2n) is 5.89. The van der Waals surface area contributed by atoms with Gasteiger partial charge in [0.1, 0.15) is 6.10 Å². The predicted molar refractivity (Wildman–Crippen MR) is 98.7 cm³/mol.